The van der Waals surface area contributed by atoms with Gasteiger partial charge < -0.3 is 0 Å². The zero-order valence-corrected chi connectivity index (χ0v) is 10.7. The highest BCUT2D eigenvalue weighted by Gasteiger charge is 2.33. The molecule has 0 fully saturated rings. The molecule has 0 aromatic heterocycles. The van der Waals surface area contributed by atoms with E-state index in [0.717, 1.165) is 10.5 Å². The van der Waals surface area contributed by atoms with Crippen LogP contribution in [0.5, 0.6) is 0 Å². The number of hydrogen-bond acceptors (Lipinski definition) is 4. The fourth-order valence-electron chi connectivity index (χ4n) is 1.64. The molecule has 2 amide bonds. The Hall–Kier alpha value is -1.88. The molecule has 5 nitrogen and oxygen atoms in total. The normalized spacial score (nSPS) is 10.9. The van der Waals surface area contributed by atoms with E-state index in [4.69, 9.17) is 5.26 Å². The highest BCUT2D eigenvalue weighted by Crippen LogP contribution is 2.16. The summed E-state index contributed by atoms with van der Waals surface area (Å²) in [6, 6.07) is 9.06. The summed E-state index contributed by atoms with van der Waals surface area (Å²) in [5, 5.41) is 8.44. The third kappa shape index (κ3) is 3.56. The number of benzene rings is 1. The third-order valence-electron chi connectivity index (χ3n) is 2.38. The molecule has 0 unspecified atom stereocenters. The van der Waals surface area contributed by atoms with Crippen LogP contribution in [0.15, 0.2) is 30.3 Å². The molecule has 0 atom stereocenters. The molecule has 0 saturated carbocycles. The Bertz CT molecular complexity index is 422. The summed E-state index contributed by atoms with van der Waals surface area (Å²) in [4.78, 5) is 28.1. The average molecular weight is 251 g/mol. The van der Waals surface area contributed by atoms with Crippen LogP contribution in [0.2, 0.25) is 0 Å². The highest BCUT2D eigenvalue weighted by molar-refractivity contribution is 5.93. The van der Waals surface area contributed by atoms with Gasteiger partial charge in [0.2, 0.25) is 5.91 Å². The van der Waals surface area contributed by atoms with Gasteiger partial charge in [-0.15, -0.1) is 0 Å². The molecule has 98 valence electrons. The maximum Gasteiger partial charge on any atom is 0.448 e. The molecule has 0 saturated heterocycles. The SMILES string of the molecule is CC(C)(C)N(C(=O)Cc1ccccc1)C(=O)OO. The van der Waals surface area contributed by atoms with Crippen molar-refractivity contribution in [3.63, 3.8) is 0 Å². The number of rotatable bonds is 2. The van der Waals surface area contributed by atoms with Crippen molar-refractivity contribution in [2.24, 2.45) is 0 Å². The number of nitrogens with zero attached hydrogens (tertiary/aromatic N) is 1. The standard InChI is InChI=1S/C13H17NO4/c1-13(2,3)14(12(16)18-17)11(15)9-10-7-5-4-6-8-10/h4-8,17H,9H2,1-3H3. The van der Waals surface area contributed by atoms with Crippen molar-refractivity contribution in [3.8, 4) is 0 Å². The zero-order chi connectivity index (χ0) is 13.8. The number of carbonyl (C=O) groups excluding carboxylic acids is 2. The summed E-state index contributed by atoms with van der Waals surface area (Å²) in [5.74, 6) is -0.423. The second-order valence-electron chi connectivity index (χ2n) is 4.92. The van der Waals surface area contributed by atoms with Crippen molar-refractivity contribution in [3.05, 3.63) is 35.9 Å². The van der Waals surface area contributed by atoms with Crippen molar-refractivity contribution in [1.82, 2.24) is 4.90 Å². The van der Waals surface area contributed by atoms with Crippen LogP contribution in [0.3, 0.4) is 0 Å². The molecule has 0 aliphatic rings. The molecule has 1 aromatic rings. The summed E-state index contributed by atoms with van der Waals surface area (Å²) < 4.78 is 0. The van der Waals surface area contributed by atoms with Crippen LogP contribution in [0.25, 0.3) is 0 Å². The Kier molecular flexibility index (Phi) is 4.44. The minimum Gasteiger partial charge on any atom is -0.278 e. The summed E-state index contributed by atoms with van der Waals surface area (Å²) >= 11 is 0. The lowest BCUT2D eigenvalue weighted by Crippen LogP contribution is -2.50. The summed E-state index contributed by atoms with van der Waals surface area (Å²) in [6.07, 6.45) is -0.990. The van der Waals surface area contributed by atoms with Crippen molar-refractivity contribution < 1.29 is 19.7 Å². The van der Waals surface area contributed by atoms with Gasteiger partial charge in [0.05, 0.1) is 6.42 Å². The predicted molar refractivity (Wildman–Crippen MR) is 65.9 cm³/mol. The molecule has 18 heavy (non-hydrogen) atoms. The van der Waals surface area contributed by atoms with Gasteiger partial charge in [0, 0.05) is 5.54 Å². The van der Waals surface area contributed by atoms with Crippen LogP contribution in [-0.2, 0) is 16.1 Å². The van der Waals surface area contributed by atoms with E-state index in [9.17, 15) is 9.59 Å². The average Bonchev–Trinajstić information content (AvgIpc) is 2.28. The van der Waals surface area contributed by atoms with Gasteiger partial charge in [0.15, 0.2) is 0 Å². The molecule has 5 heteroatoms. The topological polar surface area (TPSA) is 66.8 Å². The highest BCUT2D eigenvalue weighted by atomic mass is 17.1. The minimum atomic E-state index is -1.07. The number of carbonyl (C=O) groups is 2. The molecule has 1 N–H and O–H groups in total. The predicted octanol–water partition coefficient (Wildman–Crippen LogP) is 2.47. The number of hydrogen-bond donors (Lipinski definition) is 1. The van der Waals surface area contributed by atoms with E-state index in [1.807, 2.05) is 18.2 Å². The number of amides is 2. The van der Waals surface area contributed by atoms with Crippen LogP contribution in [0, 0.1) is 0 Å². The maximum absolute atomic E-state index is 12.1. The second-order valence-corrected chi connectivity index (χ2v) is 4.92. The zero-order valence-electron chi connectivity index (χ0n) is 10.7. The van der Waals surface area contributed by atoms with Gasteiger partial charge in [-0.1, -0.05) is 30.3 Å². The smallest absolute Gasteiger partial charge is 0.278 e. The van der Waals surface area contributed by atoms with Gasteiger partial charge in [0.25, 0.3) is 0 Å². The summed E-state index contributed by atoms with van der Waals surface area (Å²) in [7, 11) is 0. The fourth-order valence-corrected chi connectivity index (χ4v) is 1.64. The number of imide groups is 1. The first kappa shape index (κ1) is 14.2. The van der Waals surface area contributed by atoms with E-state index in [1.165, 1.54) is 0 Å². The van der Waals surface area contributed by atoms with Crippen molar-refractivity contribution in [2.45, 2.75) is 32.7 Å². The van der Waals surface area contributed by atoms with Crippen LogP contribution in [0.1, 0.15) is 26.3 Å². The monoisotopic (exact) mass is 251 g/mol. The lowest BCUT2D eigenvalue weighted by atomic mass is 10.0. The van der Waals surface area contributed by atoms with E-state index in [2.05, 4.69) is 4.89 Å². The van der Waals surface area contributed by atoms with E-state index in [1.54, 1.807) is 32.9 Å². The lowest BCUT2D eigenvalue weighted by Gasteiger charge is -2.31. The van der Waals surface area contributed by atoms with Crippen LogP contribution in [-0.4, -0.2) is 27.7 Å². The quantitative estimate of drug-likeness (QED) is 0.647. The van der Waals surface area contributed by atoms with Crippen molar-refractivity contribution in [1.29, 1.82) is 0 Å². The van der Waals surface area contributed by atoms with Gasteiger partial charge in [-0.3, -0.25) is 9.68 Å². The first-order valence-electron chi connectivity index (χ1n) is 5.58. The lowest BCUT2D eigenvalue weighted by molar-refractivity contribution is -0.194. The minimum absolute atomic E-state index is 0.0766. The molecule has 1 aromatic carbocycles. The van der Waals surface area contributed by atoms with Gasteiger partial charge in [0.1, 0.15) is 0 Å². The van der Waals surface area contributed by atoms with Gasteiger partial charge >= 0.3 is 6.09 Å². The molecule has 1 rings (SSSR count). The molecular formula is C13H17NO4. The van der Waals surface area contributed by atoms with E-state index >= 15 is 0 Å². The first-order valence-corrected chi connectivity index (χ1v) is 5.58. The Morgan fingerprint density at radius 2 is 1.78 bits per heavy atom. The van der Waals surface area contributed by atoms with E-state index in [0.29, 0.717) is 0 Å². The Morgan fingerprint density at radius 1 is 1.22 bits per heavy atom. The first-order chi connectivity index (χ1) is 8.36. The van der Waals surface area contributed by atoms with Gasteiger partial charge in [-0.25, -0.2) is 9.69 Å². The Labute approximate surface area is 106 Å². The molecule has 0 spiro atoms. The van der Waals surface area contributed by atoms with E-state index in [-0.39, 0.29) is 6.42 Å². The summed E-state index contributed by atoms with van der Waals surface area (Å²) in [5.41, 5.74) is 0.0357. The molecule has 0 bridgehead atoms. The molecule has 0 aliphatic carbocycles. The van der Waals surface area contributed by atoms with Crippen molar-refractivity contribution in [2.75, 3.05) is 0 Å². The Morgan fingerprint density at radius 3 is 2.22 bits per heavy atom. The van der Waals surface area contributed by atoms with Crippen molar-refractivity contribution >= 4 is 12.0 Å². The Balaban J connectivity index is 2.88. The maximum atomic E-state index is 12.1. The van der Waals surface area contributed by atoms with Crippen LogP contribution >= 0.6 is 0 Å². The van der Waals surface area contributed by atoms with E-state index < -0.39 is 17.5 Å². The molecule has 0 radical (unpaired) electrons. The fraction of sp³-hybridized carbons (Fsp3) is 0.385. The second kappa shape index (κ2) is 5.64. The molecular weight excluding hydrogens is 234 g/mol. The van der Waals surface area contributed by atoms with Crippen LogP contribution in [0.4, 0.5) is 4.79 Å². The third-order valence-corrected chi connectivity index (χ3v) is 2.38. The molecule has 0 aliphatic heterocycles. The summed E-state index contributed by atoms with van der Waals surface area (Å²) in [6.45, 7) is 5.06. The molecule has 0 heterocycles. The largest absolute Gasteiger partial charge is 0.448 e. The van der Waals surface area contributed by atoms with Gasteiger partial charge in [-0.05, 0) is 26.3 Å². The van der Waals surface area contributed by atoms with Crippen LogP contribution < -0.4 is 0 Å². The van der Waals surface area contributed by atoms with Gasteiger partial charge in [-0.2, -0.15) is 5.26 Å².